The van der Waals surface area contributed by atoms with Crippen LogP contribution in [0.3, 0.4) is 0 Å². The normalized spacial score (nSPS) is 22.1. The van der Waals surface area contributed by atoms with Crippen molar-refractivity contribution < 1.29 is 14.3 Å². The molecule has 6 nitrogen and oxygen atoms in total. The number of carbonyl (C=O) groups is 1. The van der Waals surface area contributed by atoms with Gasteiger partial charge in [-0.2, -0.15) is 0 Å². The van der Waals surface area contributed by atoms with Gasteiger partial charge in [0.1, 0.15) is 0 Å². The zero-order valence-corrected chi connectivity index (χ0v) is 17.2. The van der Waals surface area contributed by atoms with E-state index in [0.29, 0.717) is 34.5 Å². The van der Waals surface area contributed by atoms with Crippen molar-refractivity contribution in [3.8, 4) is 11.5 Å². The minimum absolute atomic E-state index is 0.293. The summed E-state index contributed by atoms with van der Waals surface area (Å²) in [5, 5.41) is 3.75. The van der Waals surface area contributed by atoms with Crippen LogP contribution in [-0.4, -0.2) is 31.3 Å². The maximum atomic E-state index is 12.0. The first-order valence-electron chi connectivity index (χ1n) is 9.21. The monoisotopic (exact) mass is 391 g/mol. The van der Waals surface area contributed by atoms with E-state index in [1.54, 1.807) is 32.4 Å². The first-order valence-corrected chi connectivity index (χ1v) is 9.62. The van der Waals surface area contributed by atoms with Crippen LogP contribution in [0.4, 0.5) is 0 Å². The summed E-state index contributed by atoms with van der Waals surface area (Å²) in [5.41, 5.74) is 6.18. The van der Waals surface area contributed by atoms with Crippen molar-refractivity contribution in [2.24, 2.45) is 11.8 Å². The number of nitrogens with one attached hydrogen (secondary N) is 3. The molecule has 0 aromatic heterocycles. The molecule has 1 aromatic rings. The average molecular weight is 392 g/mol. The van der Waals surface area contributed by atoms with Gasteiger partial charge in [-0.3, -0.25) is 15.6 Å². The van der Waals surface area contributed by atoms with Crippen molar-refractivity contribution in [1.82, 2.24) is 16.2 Å². The van der Waals surface area contributed by atoms with Gasteiger partial charge in [-0.05, 0) is 54.2 Å². The molecule has 0 aliphatic heterocycles. The van der Waals surface area contributed by atoms with E-state index in [-0.39, 0.29) is 5.91 Å². The topological polar surface area (TPSA) is 71.6 Å². The fourth-order valence-electron chi connectivity index (χ4n) is 3.28. The average Bonchev–Trinajstić information content (AvgIpc) is 2.68. The number of benzene rings is 1. The lowest BCUT2D eigenvalue weighted by Gasteiger charge is -2.35. The third kappa shape index (κ3) is 6.13. The van der Waals surface area contributed by atoms with Crippen LogP contribution >= 0.6 is 12.2 Å². The fourth-order valence-corrected chi connectivity index (χ4v) is 3.48. The Labute approximate surface area is 166 Å². The van der Waals surface area contributed by atoms with Crippen LogP contribution < -0.4 is 25.6 Å². The van der Waals surface area contributed by atoms with Gasteiger partial charge in [-0.1, -0.05) is 32.8 Å². The van der Waals surface area contributed by atoms with E-state index >= 15 is 0 Å². The molecular weight excluding hydrogens is 362 g/mol. The number of thiocarbonyl (C=S) groups is 1. The number of methoxy groups -OCH3 is 2. The summed E-state index contributed by atoms with van der Waals surface area (Å²) in [6.45, 7) is 4.52. The Balaban J connectivity index is 1.81. The summed E-state index contributed by atoms with van der Waals surface area (Å²) in [7, 11) is 3.15. The smallest absolute Gasteiger partial charge is 0.262 e. The first-order chi connectivity index (χ1) is 12.9. The van der Waals surface area contributed by atoms with E-state index in [9.17, 15) is 4.79 Å². The SMILES string of the molecule is COc1ccc(/C=C/C(=O)NNC(=S)N[C@H]2CCC[C@@H](C)[C@H]2C)cc1OC. The van der Waals surface area contributed by atoms with Crippen LogP contribution in [0.5, 0.6) is 11.5 Å². The lowest BCUT2D eigenvalue weighted by molar-refractivity contribution is -0.116. The molecule has 3 N–H and O–H groups in total. The van der Waals surface area contributed by atoms with Crippen molar-refractivity contribution in [1.29, 1.82) is 0 Å². The molecule has 1 aliphatic carbocycles. The van der Waals surface area contributed by atoms with E-state index in [1.807, 2.05) is 6.07 Å². The van der Waals surface area contributed by atoms with Crippen LogP contribution in [0, 0.1) is 11.8 Å². The van der Waals surface area contributed by atoms with E-state index in [4.69, 9.17) is 21.7 Å². The molecule has 1 aromatic carbocycles. The quantitative estimate of drug-likeness (QED) is 0.407. The maximum Gasteiger partial charge on any atom is 0.262 e. The highest BCUT2D eigenvalue weighted by molar-refractivity contribution is 7.80. The number of hydrazine groups is 1. The molecule has 0 unspecified atom stereocenters. The van der Waals surface area contributed by atoms with Crippen LogP contribution in [0.15, 0.2) is 24.3 Å². The zero-order valence-electron chi connectivity index (χ0n) is 16.4. The van der Waals surface area contributed by atoms with Crippen molar-refractivity contribution in [2.75, 3.05) is 14.2 Å². The Hall–Kier alpha value is -2.28. The molecule has 27 heavy (non-hydrogen) atoms. The number of rotatable bonds is 5. The number of ether oxygens (including phenoxy) is 2. The van der Waals surface area contributed by atoms with Gasteiger partial charge in [0.2, 0.25) is 0 Å². The van der Waals surface area contributed by atoms with Crippen LogP contribution in [0.1, 0.15) is 38.7 Å². The zero-order chi connectivity index (χ0) is 19.8. The molecule has 0 spiro atoms. The van der Waals surface area contributed by atoms with Crippen molar-refractivity contribution in [3.05, 3.63) is 29.8 Å². The summed E-state index contributed by atoms with van der Waals surface area (Å²) in [6, 6.07) is 5.78. The second kappa shape index (κ2) is 10.2. The lowest BCUT2D eigenvalue weighted by Crippen LogP contribution is -2.52. The highest BCUT2D eigenvalue weighted by Gasteiger charge is 2.27. The molecule has 3 atom stereocenters. The second-order valence-electron chi connectivity index (χ2n) is 6.91. The predicted octanol–water partition coefficient (Wildman–Crippen LogP) is 3.04. The molecule has 7 heteroatoms. The summed E-state index contributed by atoms with van der Waals surface area (Å²) >= 11 is 5.29. The maximum absolute atomic E-state index is 12.0. The standard InChI is InChI=1S/C20H29N3O3S/c1-13-6-5-7-16(14(13)2)21-20(27)23-22-19(24)11-9-15-8-10-17(25-3)18(12-15)26-4/h8-14,16H,5-7H2,1-4H3,(H,22,24)(H2,21,23,27)/b11-9+/t13-,14-,16+/m1/s1. The van der Waals surface area contributed by atoms with Gasteiger partial charge in [-0.25, -0.2) is 0 Å². The molecule has 148 valence electrons. The number of hydrogen-bond donors (Lipinski definition) is 3. The minimum atomic E-state index is -0.293. The molecule has 1 amide bonds. The molecule has 0 radical (unpaired) electrons. The summed E-state index contributed by atoms with van der Waals surface area (Å²) in [6.07, 6.45) is 6.69. The molecular formula is C20H29N3O3S. The van der Waals surface area contributed by atoms with E-state index < -0.39 is 0 Å². The van der Waals surface area contributed by atoms with Crippen molar-refractivity contribution >= 4 is 29.3 Å². The molecule has 1 saturated carbocycles. The predicted molar refractivity (Wildman–Crippen MR) is 112 cm³/mol. The molecule has 0 bridgehead atoms. The summed E-state index contributed by atoms with van der Waals surface area (Å²) < 4.78 is 10.5. The van der Waals surface area contributed by atoms with Gasteiger partial charge in [0.25, 0.3) is 5.91 Å². The summed E-state index contributed by atoms with van der Waals surface area (Å²) in [5.74, 6) is 2.19. The Kier molecular flexibility index (Phi) is 7.91. The van der Waals surface area contributed by atoms with Gasteiger partial charge in [0.15, 0.2) is 16.6 Å². The number of amides is 1. The Morgan fingerprint density at radius 2 is 1.89 bits per heavy atom. The first kappa shape index (κ1) is 21.0. The highest BCUT2D eigenvalue weighted by Crippen LogP contribution is 2.29. The molecule has 1 fully saturated rings. The third-order valence-corrected chi connectivity index (χ3v) is 5.38. The van der Waals surface area contributed by atoms with Gasteiger partial charge < -0.3 is 14.8 Å². The third-order valence-electron chi connectivity index (χ3n) is 5.16. The highest BCUT2D eigenvalue weighted by atomic mass is 32.1. The fraction of sp³-hybridized carbons (Fsp3) is 0.500. The van der Waals surface area contributed by atoms with E-state index in [1.165, 1.54) is 18.9 Å². The Morgan fingerprint density at radius 1 is 1.15 bits per heavy atom. The lowest BCUT2D eigenvalue weighted by atomic mass is 9.78. The number of carbonyl (C=O) groups excluding carboxylic acids is 1. The van der Waals surface area contributed by atoms with Crippen LogP contribution in [0.25, 0.3) is 6.08 Å². The summed E-state index contributed by atoms with van der Waals surface area (Å²) in [4.78, 5) is 12.0. The molecule has 1 aliphatic rings. The second-order valence-corrected chi connectivity index (χ2v) is 7.32. The van der Waals surface area contributed by atoms with Gasteiger partial charge in [0, 0.05) is 12.1 Å². The molecule has 0 saturated heterocycles. The Morgan fingerprint density at radius 3 is 2.59 bits per heavy atom. The molecule has 0 heterocycles. The van der Waals surface area contributed by atoms with E-state index in [0.717, 1.165) is 12.0 Å². The van der Waals surface area contributed by atoms with Gasteiger partial charge in [0.05, 0.1) is 14.2 Å². The number of hydrogen-bond acceptors (Lipinski definition) is 4. The van der Waals surface area contributed by atoms with Gasteiger partial charge >= 0.3 is 0 Å². The van der Waals surface area contributed by atoms with Crippen LogP contribution in [-0.2, 0) is 4.79 Å². The van der Waals surface area contributed by atoms with Crippen LogP contribution in [0.2, 0.25) is 0 Å². The molecule has 2 rings (SSSR count). The van der Waals surface area contributed by atoms with Gasteiger partial charge in [-0.15, -0.1) is 0 Å². The largest absolute Gasteiger partial charge is 0.493 e. The van der Waals surface area contributed by atoms with Crippen molar-refractivity contribution in [2.45, 2.75) is 39.2 Å². The van der Waals surface area contributed by atoms with Crippen molar-refractivity contribution in [3.63, 3.8) is 0 Å². The minimum Gasteiger partial charge on any atom is -0.493 e. The Bertz CT molecular complexity index is 693. The van der Waals surface area contributed by atoms with E-state index in [2.05, 4.69) is 30.0 Å².